The van der Waals surface area contributed by atoms with Crippen LogP contribution in [0.25, 0.3) is 0 Å². The van der Waals surface area contributed by atoms with Gasteiger partial charge >= 0.3 is 0 Å². The van der Waals surface area contributed by atoms with E-state index in [0.29, 0.717) is 24.8 Å². The number of allylic oxidation sites excluding steroid dienone is 2. The van der Waals surface area contributed by atoms with E-state index in [1.807, 2.05) is 13.8 Å². The molecule has 3 nitrogen and oxygen atoms in total. The minimum absolute atomic E-state index is 0.312. The zero-order valence-corrected chi connectivity index (χ0v) is 14.6. The van der Waals surface area contributed by atoms with Crippen molar-refractivity contribution < 1.29 is 8.42 Å². The van der Waals surface area contributed by atoms with Crippen molar-refractivity contribution in [2.75, 3.05) is 25.4 Å². The van der Waals surface area contributed by atoms with Gasteiger partial charge in [-0.15, -0.1) is 0 Å². The van der Waals surface area contributed by atoms with Crippen LogP contribution in [-0.4, -0.2) is 43.5 Å². The van der Waals surface area contributed by atoms with Crippen molar-refractivity contribution in [3.8, 4) is 0 Å². The Kier molecular flexibility index (Phi) is 6.26. The van der Waals surface area contributed by atoms with Crippen LogP contribution in [0.1, 0.15) is 53.9 Å². The zero-order chi connectivity index (χ0) is 15.4. The van der Waals surface area contributed by atoms with E-state index in [2.05, 4.69) is 31.7 Å². The lowest BCUT2D eigenvalue weighted by Crippen LogP contribution is -2.53. The van der Waals surface area contributed by atoms with E-state index in [9.17, 15) is 8.42 Å². The van der Waals surface area contributed by atoms with Crippen LogP contribution in [0.4, 0.5) is 0 Å². The molecule has 20 heavy (non-hydrogen) atoms. The maximum Gasteiger partial charge on any atom is 0.157 e. The van der Waals surface area contributed by atoms with Crippen molar-refractivity contribution in [2.24, 2.45) is 5.92 Å². The van der Waals surface area contributed by atoms with Crippen molar-refractivity contribution in [1.82, 2.24) is 4.90 Å². The van der Waals surface area contributed by atoms with Crippen molar-refractivity contribution in [1.29, 1.82) is 0 Å². The topological polar surface area (TPSA) is 37.4 Å². The van der Waals surface area contributed by atoms with Crippen molar-refractivity contribution in [3.63, 3.8) is 0 Å². The van der Waals surface area contributed by atoms with Gasteiger partial charge in [0, 0.05) is 13.1 Å². The van der Waals surface area contributed by atoms with Gasteiger partial charge in [0.1, 0.15) is 0 Å². The predicted molar refractivity (Wildman–Crippen MR) is 86.8 cm³/mol. The van der Waals surface area contributed by atoms with E-state index < -0.39 is 14.6 Å². The molecule has 0 aromatic heterocycles. The van der Waals surface area contributed by atoms with Gasteiger partial charge in [0.2, 0.25) is 0 Å². The quantitative estimate of drug-likeness (QED) is 0.707. The summed E-state index contributed by atoms with van der Waals surface area (Å²) in [5.74, 6) is 1.01. The molecule has 1 fully saturated rings. The molecule has 4 heteroatoms. The maximum atomic E-state index is 12.0. The third kappa shape index (κ3) is 5.21. The fourth-order valence-electron chi connectivity index (χ4n) is 2.64. The van der Waals surface area contributed by atoms with Crippen molar-refractivity contribution in [3.05, 3.63) is 11.6 Å². The third-order valence-corrected chi connectivity index (χ3v) is 6.81. The molecular formula is C16H31NO2S. The van der Waals surface area contributed by atoms with Gasteiger partial charge in [0.25, 0.3) is 0 Å². The minimum Gasteiger partial charge on any atom is -0.301 e. The largest absolute Gasteiger partial charge is 0.301 e. The first-order valence-electron chi connectivity index (χ1n) is 7.72. The molecule has 1 unspecified atom stereocenters. The van der Waals surface area contributed by atoms with Crippen LogP contribution in [0, 0.1) is 5.92 Å². The lowest BCUT2D eigenvalue weighted by atomic mass is 10.0. The molecule has 1 atom stereocenters. The summed E-state index contributed by atoms with van der Waals surface area (Å²) in [5, 5.41) is 0. The number of nitrogens with zero attached hydrogens (tertiary/aromatic N) is 1. The molecule has 0 bridgehead atoms. The van der Waals surface area contributed by atoms with Gasteiger partial charge in [0.15, 0.2) is 9.84 Å². The lowest BCUT2D eigenvalue weighted by molar-refractivity contribution is 0.232. The van der Waals surface area contributed by atoms with Crippen molar-refractivity contribution >= 4 is 9.84 Å². The summed E-state index contributed by atoms with van der Waals surface area (Å²) >= 11 is 0. The molecule has 1 rings (SSSR count). The predicted octanol–water partition coefficient (Wildman–Crippen LogP) is 3.27. The smallest absolute Gasteiger partial charge is 0.157 e. The summed E-state index contributed by atoms with van der Waals surface area (Å²) in [6.07, 6.45) is 5.84. The molecule has 1 heterocycles. The second-order valence-electron chi connectivity index (χ2n) is 7.11. The van der Waals surface area contributed by atoms with Crippen LogP contribution in [0.3, 0.4) is 0 Å². The summed E-state index contributed by atoms with van der Waals surface area (Å²) in [6.45, 7) is 12.7. The Labute approximate surface area is 125 Å². The van der Waals surface area contributed by atoms with Crippen LogP contribution in [0.2, 0.25) is 0 Å². The fourth-order valence-corrected chi connectivity index (χ4v) is 4.07. The average Bonchev–Trinajstić information content (AvgIpc) is 2.30. The van der Waals surface area contributed by atoms with Crippen LogP contribution < -0.4 is 0 Å². The molecule has 0 amide bonds. The summed E-state index contributed by atoms with van der Waals surface area (Å²) in [7, 11) is -2.91. The van der Waals surface area contributed by atoms with Gasteiger partial charge in [-0.25, -0.2) is 8.42 Å². The Balaban J connectivity index is 2.35. The first kappa shape index (κ1) is 17.7. The highest BCUT2D eigenvalue weighted by Gasteiger charge is 2.39. The second kappa shape index (κ2) is 7.08. The minimum atomic E-state index is -2.91. The van der Waals surface area contributed by atoms with Crippen LogP contribution >= 0.6 is 0 Å². The molecular weight excluding hydrogens is 270 g/mol. The summed E-state index contributed by atoms with van der Waals surface area (Å²) < 4.78 is 23.3. The van der Waals surface area contributed by atoms with Gasteiger partial charge < -0.3 is 4.90 Å². The van der Waals surface area contributed by atoms with Gasteiger partial charge in [0.05, 0.1) is 10.5 Å². The Morgan fingerprint density at radius 2 is 1.95 bits per heavy atom. The number of hydrogen-bond acceptors (Lipinski definition) is 3. The molecule has 0 aliphatic carbocycles. The molecule has 0 aromatic carbocycles. The molecule has 0 N–H and O–H groups in total. The average molecular weight is 301 g/mol. The summed E-state index contributed by atoms with van der Waals surface area (Å²) in [6, 6.07) is 0. The highest BCUT2D eigenvalue weighted by Crippen LogP contribution is 2.24. The monoisotopic (exact) mass is 301 g/mol. The molecule has 118 valence electrons. The van der Waals surface area contributed by atoms with Crippen molar-refractivity contribution in [2.45, 2.75) is 58.6 Å². The highest BCUT2D eigenvalue weighted by molar-refractivity contribution is 7.92. The normalized spacial score (nSPS) is 23.2. The lowest BCUT2D eigenvalue weighted by Gasteiger charge is -2.38. The second-order valence-corrected chi connectivity index (χ2v) is 9.85. The SMILES string of the molecule is CC(C)=CCCC(C)CCN1CCS(=O)(=O)C(C)(C)C1. The number of sulfone groups is 1. The molecule has 1 saturated heterocycles. The van der Waals surface area contributed by atoms with Gasteiger partial charge in [-0.1, -0.05) is 18.6 Å². The molecule has 1 aliphatic heterocycles. The van der Waals surface area contributed by atoms with Crippen LogP contribution in [0.5, 0.6) is 0 Å². The third-order valence-electron chi connectivity index (χ3n) is 4.27. The van der Waals surface area contributed by atoms with E-state index in [1.165, 1.54) is 12.0 Å². The van der Waals surface area contributed by atoms with E-state index >= 15 is 0 Å². The molecule has 0 saturated carbocycles. The highest BCUT2D eigenvalue weighted by atomic mass is 32.2. The van der Waals surface area contributed by atoms with Crippen LogP contribution in [0.15, 0.2) is 11.6 Å². The van der Waals surface area contributed by atoms with E-state index in [0.717, 1.165) is 19.4 Å². The van der Waals surface area contributed by atoms with Gasteiger partial charge in [-0.2, -0.15) is 0 Å². The number of hydrogen-bond donors (Lipinski definition) is 0. The van der Waals surface area contributed by atoms with E-state index in [-0.39, 0.29) is 0 Å². The molecule has 0 radical (unpaired) electrons. The van der Waals surface area contributed by atoms with Gasteiger partial charge in [-0.3, -0.25) is 0 Å². The molecule has 0 aromatic rings. The molecule has 0 spiro atoms. The maximum absolute atomic E-state index is 12.0. The standard InChI is InChI=1S/C16H31NO2S/c1-14(2)7-6-8-15(3)9-10-17-11-12-20(18,19)16(4,5)13-17/h7,15H,6,8-13H2,1-5H3. The Morgan fingerprint density at radius 3 is 2.50 bits per heavy atom. The van der Waals surface area contributed by atoms with Gasteiger partial charge in [-0.05, 0) is 59.4 Å². The Morgan fingerprint density at radius 1 is 1.30 bits per heavy atom. The summed E-state index contributed by atoms with van der Waals surface area (Å²) in [5.41, 5.74) is 1.39. The zero-order valence-electron chi connectivity index (χ0n) is 13.8. The number of rotatable bonds is 6. The van der Waals surface area contributed by atoms with Crippen LogP contribution in [-0.2, 0) is 9.84 Å². The molecule has 1 aliphatic rings. The first-order chi connectivity index (χ1) is 9.14. The Bertz CT molecular complexity index is 433. The van der Waals surface area contributed by atoms with E-state index in [1.54, 1.807) is 0 Å². The first-order valence-corrected chi connectivity index (χ1v) is 9.37. The Hall–Kier alpha value is -0.350. The fraction of sp³-hybridized carbons (Fsp3) is 0.875. The summed E-state index contributed by atoms with van der Waals surface area (Å²) in [4.78, 5) is 2.32. The van der Waals surface area contributed by atoms with E-state index in [4.69, 9.17) is 0 Å².